The molecule has 0 saturated heterocycles. The maximum atomic E-state index is 12.0. The summed E-state index contributed by atoms with van der Waals surface area (Å²) in [7, 11) is 1.63. The van der Waals surface area contributed by atoms with Gasteiger partial charge in [-0.25, -0.2) is 4.79 Å². The number of aromatic hydroxyl groups is 1. The average molecular weight is 280 g/mol. The summed E-state index contributed by atoms with van der Waals surface area (Å²) in [6.07, 6.45) is 0.154. The first kappa shape index (κ1) is 16.0. The van der Waals surface area contributed by atoms with Gasteiger partial charge >= 0.3 is 5.97 Å². The Morgan fingerprint density at radius 2 is 1.80 bits per heavy atom. The third-order valence-corrected chi connectivity index (χ3v) is 3.17. The van der Waals surface area contributed by atoms with Crippen molar-refractivity contribution in [2.45, 2.75) is 31.8 Å². The molecule has 1 aromatic rings. The molecule has 4 N–H and O–H groups in total. The number of amides is 1. The topological polar surface area (TPSA) is 98.7 Å². The van der Waals surface area contributed by atoms with Crippen LogP contribution < -0.4 is 10.6 Å². The predicted molar refractivity (Wildman–Crippen MR) is 74.5 cm³/mol. The van der Waals surface area contributed by atoms with Crippen molar-refractivity contribution in [1.82, 2.24) is 10.6 Å². The Balaban J connectivity index is 2.78. The number of carboxylic acids is 1. The number of nitrogens with one attached hydrogen (secondary N) is 2. The van der Waals surface area contributed by atoms with E-state index in [0.717, 1.165) is 5.56 Å². The second-order valence-corrected chi connectivity index (χ2v) is 5.11. The number of hydrogen-bond donors (Lipinski definition) is 4. The number of phenols is 1. The Morgan fingerprint density at radius 1 is 1.25 bits per heavy atom. The lowest BCUT2D eigenvalue weighted by Gasteiger charge is -2.25. The zero-order chi connectivity index (χ0) is 15.3. The number of rotatable bonds is 6. The lowest BCUT2D eigenvalue weighted by molar-refractivity contribution is -0.142. The summed E-state index contributed by atoms with van der Waals surface area (Å²) in [6, 6.07) is 5.20. The van der Waals surface area contributed by atoms with Crippen molar-refractivity contribution in [2.24, 2.45) is 0 Å². The molecule has 1 amide bonds. The molecule has 6 nitrogen and oxygen atoms in total. The molecule has 1 atom stereocenters. The number of hydrogen-bond acceptors (Lipinski definition) is 4. The van der Waals surface area contributed by atoms with Crippen LogP contribution in [0, 0.1) is 0 Å². The van der Waals surface area contributed by atoms with Gasteiger partial charge in [0.15, 0.2) is 0 Å². The minimum absolute atomic E-state index is 0.112. The van der Waals surface area contributed by atoms with Crippen LogP contribution >= 0.6 is 0 Å². The number of likely N-dealkylation sites (N-methyl/N-ethyl adjacent to an activating group) is 1. The minimum atomic E-state index is -1.10. The van der Waals surface area contributed by atoms with Gasteiger partial charge in [0.2, 0.25) is 5.91 Å². The monoisotopic (exact) mass is 280 g/mol. The molecule has 20 heavy (non-hydrogen) atoms. The number of aliphatic carboxylic acids is 1. The van der Waals surface area contributed by atoms with E-state index in [4.69, 9.17) is 0 Å². The fourth-order valence-corrected chi connectivity index (χ4v) is 1.52. The summed E-state index contributed by atoms with van der Waals surface area (Å²) < 4.78 is 0. The Labute approximate surface area is 117 Å². The van der Waals surface area contributed by atoms with Crippen molar-refractivity contribution in [3.05, 3.63) is 29.8 Å². The van der Waals surface area contributed by atoms with Crippen LogP contribution in [0.25, 0.3) is 0 Å². The third-order valence-electron chi connectivity index (χ3n) is 3.17. The van der Waals surface area contributed by atoms with Gasteiger partial charge in [0.05, 0.1) is 5.54 Å². The van der Waals surface area contributed by atoms with E-state index in [-0.39, 0.29) is 18.1 Å². The molecule has 110 valence electrons. The van der Waals surface area contributed by atoms with E-state index in [9.17, 15) is 19.8 Å². The van der Waals surface area contributed by atoms with Gasteiger partial charge in [0.1, 0.15) is 11.8 Å². The molecule has 6 heteroatoms. The summed E-state index contributed by atoms with van der Waals surface area (Å²) in [5, 5.41) is 23.7. The molecule has 0 radical (unpaired) electrons. The van der Waals surface area contributed by atoms with Crippen LogP contribution in [0.1, 0.15) is 19.4 Å². The molecule has 0 heterocycles. The summed E-state index contributed by atoms with van der Waals surface area (Å²) in [5.74, 6) is -1.37. The molecular weight excluding hydrogens is 260 g/mol. The predicted octanol–water partition coefficient (Wildman–Crippen LogP) is 0.502. The van der Waals surface area contributed by atoms with Crippen LogP contribution in [0.2, 0.25) is 0 Å². The van der Waals surface area contributed by atoms with Crippen molar-refractivity contribution in [1.29, 1.82) is 0 Å². The molecule has 1 aromatic carbocycles. The molecule has 0 unspecified atom stereocenters. The van der Waals surface area contributed by atoms with Gasteiger partial charge in [0, 0.05) is 6.42 Å². The SMILES string of the molecule is CNC(C)(C)C(=O)N[C@H](Cc1ccc(O)cc1)C(=O)O. The van der Waals surface area contributed by atoms with Crippen molar-refractivity contribution in [3.63, 3.8) is 0 Å². The quantitative estimate of drug-likeness (QED) is 0.608. The average Bonchev–Trinajstić information content (AvgIpc) is 2.40. The van der Waals surface area contributed by atoms with Crippen molar-refractivity contribution >= 4 is 11.9 Å². The van der Waals surface area contributed by atoms with Crippen LogP contribution in [0.3, 0.4) is 0 Å². The van der Waals surface area contributed by atoms with Gasteiger partial charge in [-0.15, -0.1) is 0 Å². The highest BCUT2D eigenvalue weighted by Gasteiger charge is 2.29. The molecular formula is C14H20N2O4. The number of benzene rings is 1. The van der Waals surface area contributed by atoms with E-state index in [0.29, 0.717) is 0 Å². The van der Waals surface area contributed by atoms with E-state index >= 15 is 0 Å². The molecule has 1 rings (SSSR count). The summed E-state index contributed by atoms with van der Waals surface area (Å²) in [6.45, 7) is 3.34. The highest BCUT2D eigenvalue weighted by molar-refractivity contribution is 5.89. The van der Waals surface area contributed by atoms with Gasteiger partial charge in [-0.05, 0) is 38.6 Å². The van der Waals surface area contributed by atoms with Gasteiger partial charge in [-0.2, -0.15) is 0 Å². The molecule has 0 fully saturated rings. The first-order chi connectivity index (χ1) is 9.26. The van der Waals surface area contributed by atoms with E-state index in [1.54, 1.807) is 33.0 Å². The minimum Gasteiger partial charge on any atom is -0.508 e. The normalized spacial score (nSPS) is 12.8. The first-order valence-corrected chi connectivity index (χ1v) is 6.27. The van der Waals surface area contributed by atoms with Gasteiger partial charge in [0.25, 0.3) is 0 Å². The van der Waals surface area contributed by atoms with E-state index in [1.807, 2.05) is 0 Å². The molecule has 0 aliphatic rings. The lowest BCUT2D eigenvalue weighted by Crippen LogP contribution is -2.55. The molecule has 0 spiro atoms. The maximum absolute atomic E-state index is 12.0. The highest BCUT2D eigenvalue weighted by Crippen LogP contribution is 2.12. The number of phenolic OH excluding ortho intramolecular Hbond substituents is 1. The Morgan fingerprint density at radius 3 is 2.25 bits per heavy atom. The Hall–Kier alpha value is -2.08. The molecule has 0 aromatic heterocycles. The van der Waals surface area contributed by atoms with Crippen LogP contribution in [0.4, 0.5) is 0 Å². The summed E-state index contributed by atoms with van der Waals surface area (Å²) >= 11 is 0. The van der Waals surface area contributed by atoms with E-state index < -0.39 is 17.6 Å². The van der Waals surface area contributed by atoms with Crippen molar-refractivity contribution in [3.8, 4) is 5.75 Å². The van der Waals surface area contributed by atoms with E-state index in [2.05, 4.69) is 10.6 Å². The number of carbonyl (C=O) groups excluding carboxylic acids is 1. The molecule has 0 saturated carbocycles. The van der Waals surface area contributed by atoms with Gasteiger partial charge in [-0.3, -0.25) is 4.79 Å². The molecule has 0 aliphatic heterocycles. The number of carboxylic acid groups (broad SMARTS) is 1. The fraction of sp³-hybridized carbons (Fsp3) is 0.429. The fourth-order valence-electron chi connectivity index (χ4n) is 1.52. The van der Waals surface area contributed by atoms with Crippen LogP contribution in [-0.2, 0) is 16.0 Å². The lowest BCUT2D eigenvalue weighted by atomic mass is 10.0. The Kier molecular flexibility index (Phi) is 5.10. The van der Waals surface area contributed by atoms with Gasteiger partial charge < -0.3 is 20.8 Å². The van der Waals surface area contributed by atoms with Crippen molar-refractivity contribution in [2.75, 3.05) is 7.05 Å². The van der Waals surface area contributed by atoms with Crippen LogP contribution in [0.15, 0.2) is 24.3 Å². The standard InChI is InChI=1S/C14H20N2O4/c1-14(2,15-3)13(20)16-11(12(18)19)8-9-4-6-10(17)7-5-9/h4-7,11,15,17H,8H2,1-3H3,(H,16,20)(H,18,19)/t11-/m1/s1. The third kappa shape index (κ3) is 4.24. The summed E-state index contributed by atoms with van der Waals surface area (Å²) in [4.78, 5) is 23.2. The van der Waals surface area contributed by atoms with Crippen LogP contribution in [-0.4, -0.2) is 40.7 Å². The molecule has 0 bridgehead atoms. The summed E-state index contributed by atoms with van der Waals surface area (Å²) in [5.41, 5.74) is -0.124. The maximum Gasteiger partial charge on any atom is 0.326 e. The highest BCUT2D eigenvalue weighted by atomic mass is 16.4. The largest absolute Gasteiger partial charge is 0.508 e. The Bertz CT molecular complexity index is 482. The second-order valence-electron chi connectivity index (χ2n) is 5.11. The zero-order valence-electron chi connectivity index (χ0n) is 11.8. The van der Waals surface area contributed by atoms with E-state index in [1.165, 1.54) is 12.1 Å². The zero-order valence-corrected chi connectivity index (χ0v) is 11.8. The first-order valence-electron chi connectivity index (χ1n) is 6.27. The van der Waals surface area contributed by atoms with Crippen LogP contribution in [0.5, 0.6) is 5.75 Å². The number of carbonyl (C=O) groups is 2. The van der Waals surface area contributed by atoms with Crippen molar-refractivity contribution < 1.29 is 19.8 Å². The smallest absolute Gasteiger partial charge is 0.326 e. The van der Waals surface area contributed by atoms with Gasteiger partial charge in [-0.1, -0.05) is 12.1 Å². The second kappa shape index (κ2) is 6.38. The molecule has 0 aliphatic carbocycles.